The van der Waals surface area contributed by atoms with Crippen LogP contribution in [0.25, 0.3) is 0 Å². The van der Waals surface area contributed by atoms with E-state index in [0.29, 0.717) is 5.69 Å². The van der Waals surface area contributed by atoms with Crippen molar-refractivity contribution in [3.05, 3.63) is 16.8 Å². The topological polar surface area (TPSA) is 122 Å². The summed E-state index contributed by atoms with van der Waals surface area (Å²) >= 11 is 1.40. The number of anilines is 1. The molecule has 0 radical (unpaired) electrons. The molecule has 8 heteroatoms. The number of urea groups is 1. The van der Waals surface area contributed by atoms with Gasteiger partial charge in [0.15, 0.2) is 0 Å². The molecule has 18 heavy (non-hydrogen) atoms. The Labute approximate surface area is 107 Å². The Morgan fingerprint density at radius 1 is 1.44 bits per heavy atom. The summed E-state index contributed by atoms with van der Waals surface area (Å²) in [6.45, 7) is 0. The zero-order valence-electron chi connectivity index (χ0n) is 9.38. The molecule has 0 unspecified atom stereocenters. The van der Waals surface area contributed by atoms with Crippen molar-refractivity contribution in [1.29, 1.82) is 0 Å². The summed E-state index contributed by atoms with van der Waals surface area (Å²) in [5, 5.41) is 17.1. The molecule has 0 saturated heterocycles. The first kappa shape index (κ1) is 14.0. The standard InChI is InChI=1S/C10H13N3O4S/c11-8(14)2-1-7(9(15)16)13-10(17)12-6-3-4-18-5-6/h3-5,7H,1-2H2,(H2,11,14)(H,15,16)(H2,12,13,17)/t7-/m1/s1. The van der Waals surface area contributed by atoms with Crippen LogP contribution < -0.4 is 16.4 Å². The molecule has 1 aromatic heterocycles. The molecular weight excluding hydrogens is 258 g/mol. The fourth-order valence-corrected chi connectivity index (χ4v) is 1.79. The first-order chi connectivity index (χ1) is 8.49. The van der Waals surface area contributed by atoms with Crippen LogP contribution in [-0.2, 0) is 9.59 Å². The Kier molecular flexibility index (Phi) is 5.12. The number of aliphatic carboxylic acids is 1. The Balaban J connectivity index is 2.47. The van der Waals surface area contributed by atoms with Crippen molar-refractivity contribution >= 4 is 34.9 Å². The van der Waals surface area contributed by atoms with Crippen LogP contribution >= 0.6 is 11.3 Å². The number of thiophene rings is 1. The Hall–Kier alpha value is -2.09. The molecule has 3 amide bonds. The normalized spacial score (nSPS) is 11.6. The number of rotatable bonds is 6. The van der Waals surface area contributed by atoms with Crippen molar-refractivity contribution in [1.82, 2.24) is 5.32 Å². The molecule has 0 spiro atoms. The SMILES string of the molecule is NC(=O)CC[C@@H](NC(=O)Nc1ccsc1)C(=O)O. The molecular formula is C10H13N3O4S. The molecule has 0 fully saturated rings. The highest BCUT2D eigenvalue weighted by Crippen LogP contribution is 2.11. The molecule has 98 valence electrons. The van der Waals surface area contributed by atoms with Crippen LogP contribution in [-0.4, -0.2) is 29.1 Å². The number of hydrogen-bond acceptors (Lipinski definition) is 4. The maximum Gasteiger partial charge on any atom is 0.326 e. The van der Waals surface area contributed by atoms with E-state index in [-0.39, 0.29) is 12.8 Å². The van der Waals surface area contributed by atoms with Crippen molar-refractivity contribution in [2.24, 2.45) is 5.73 Å². The second-order valence-electron chi connectivity index (χ2n) is 3.51. The van der Waals surface area contributed by atoms with Gasteiger partial charge in [-0.05, 0) is 17.9 Å². The van der Waals surface area contributed by atoms with Gasteiger partial charge >= 0.3 is 12.0 Å². The van der Waals surface area contributed by atoms with Gasteiger partial charge in [-0.1, -0.05) is 0 Å². The summed E-state index contributed by atoms with van der Waals surface area (Å²) in [6, 6.07) is -0.0925. The minimum atomic E-state index is -1.21. The Bertz CT molecular complexity index is 432. The van der Waals surface area contributed by atoms with E-state index >= 15 is 0 Å². The van der Waals surface area contributed by atoms with Crippen LogP contribution in [0.2, 0.25) is 0 Å². The van der Waals surface area contributed by atoms with Gasteiger partial charge in [-0.15, -0.1) is 0 Å². The van der Waals surface area contributed by atoms with Crippen molar-refractivity contribution < 1.29 is 19.5 Å². The van der Waals surface area contributed by atoms with Crippen molar-refractivity contribution in [3.63, 3.8) is 0 Å². The van der Waals surface area contributed by atoms with E-state index in [4.69, 9.17) is 10.8 Å². The van der Waals surface area contributed by atoms with Crippen LogP contribution in [0.1, 0.15) is 12.8 Å². The third kappa shape index (κ3) is 4.83. The number of carboxylic acid groups (broad SMARTS) is 1. The van der Waals surface area contributed by atoms with E-state index < -0.39 is 23.9 Å². The minimum Gasteiger partial charge on any atom is -0.480 e. The Morgan fingerprint density at radius 2 is 2.17 bits per heavy atom. The van der Waals surface area contributed by atoms with Gasteiger partial charge in [0, 0.05) is 11.8 Å². The predicted octanol–water partition coefficient (Wildman–Crippen LogP) is 0.588. The summed E-state index contributed by atoms with van der Waals surface area (Å²) in [5.41, 5.74) is 5.50. The molecule has 0 bridgehead atoms. The summed E-state index contributed by atoms with van der Waals surface area (Å²) in [5.74, 6) is -1.82. The number of nitrogens with one attached hydrogen (secondary N) is 2. The van der Waals surface area contributed by atoms with E-state index in [9.17, 15) is 14.4 Å². The Morgan fingerprint density at radius 3 is 2.67 bits per heavy atom. The lowest BCUT2D eigenvalue weighted by atomic mass is 10.1. The molecule has 0 aliphatic carbocycles. The van der Waals surface area contributed by atoms with Gasteiger partial charge in [0.05, 0.1) is 5.69 Å². The summed E-state index contributed by atoms with van der Waals surface area (Å²) in [6.07, 6.45) is -0.141. The number of hydrogen-bond donors (Lipinski definition) is 4. The average Bonchev–Trinajstić information content (AvgIpc) is 2.76. The first-order valence-electron chi connectivity index (χ1n) is 5.10. The van der Waals surface area contributed by atoms with Crippen LogP contribution in [0.5, 0.6) is 0 Å². The van der Waals surface area contributed by atoms with Crippen LogP contribution in [0, 0.1) is 0 Å². The van der Waals surface area contributed by atoms with Gasteiger partial charge in [0.2, 0.25) is 5.91 Å². The van der Waals surface area contributed by atoms with Gasteiger partial charge in [-0.3, -0.25) is 4.79 Å². The van der Waals surface area contributed by atoms with E-state index in [0.717, 1.165) is 0 Å². The molecule has 1 atom stereocenters. The van der Waals surface area contributed by atoms with Crippen LogP contribution in [0.3, 0.4) is 0 Å². The van der Waals surface area contributed by atoms with Crippen molar-refractivity contribution in [2.75, 3.05) is 5.32 Å². The highest BCUT2D eigenvalue weighted by molar-refractivity contribution is 7.08. The molecule has 0 saturated carbocycles. The summed E-state index contributed by atoms with van der Waals surface area (Å²) < 4.78 is 0. The lowest BCUT2D eigenvalue weighted by Gasteiger charge is -2.13. The van der Waals surface area contributed by atoms with Gasteiger partial charge < -0.3 is 21.5 Å². The maximum absolute atomic E-state index is 11.5. The van der Waals surface area contributed by atoms with E-state index in [1.54, 1.807) is 16.8 Å². The number of carboxylic acids is 1. The number of primary amides is 1. The van der Waals surface area contributed by atoms with Crippen molar-refractivity contribution in [2.45, 2.75) is 18.9 Å². The largest absolute Gasteiger partial charge is 0.480 e. The van der Waals surface area contributed by atoms with Gasteiger partial charge in [-0.25, -0.2) is 9.59 Å². The van der Waals surface area contributed by atoms with Crippen LogP contribution in [0.15, 0.2) is 16.8 Å². The second kappa shape index (κ2) is 6.60. The number of amides is 3. The predicted molar refractivity (Wildman–Crippen MR) is 66.3 cm³/mol. The second-order valence-corrected chi connectivity index (χ2v) is 4.29. The number of carbonyl (C=O) groups excluding carboxylic acids is 2. The third-order valence-electron chi connectivity index (χ3n) is 2.06. The molecule has 7 nitrogen and oxygen atoms in total. The van der Waals surface area contributed by atoms with E-state index in [1.807, 2.05) is 0 Å². The van der Waals surface area contributed by atoms with Gasteiger partial charge in [0.1, 0.15) is 6.04 Å². The smallest absolute Gasteiger partial charge is 0.326 e. The molecule has 1 heterocycles. The molecule has 1 rings (SSSR count). The quantitative estimate of drug-likeness (QED) is 0.604. The fourth-order valence-electron chi connectivity index (χ4n) is 1.20. The zero-order chi connectivity index (χ0) is 13.5. The van der Waals surface area contributed by atoms with Gasteiger partial charge in [-0.2, -0.15) is 11.3 Å². The van der Waals surface area contributed by atoms with Gasteiger partial charge in [0.25, 0.3) is 0 Å². The first-order valence-corrected chi connectivity index (χ1v) is 6.04. The fraction of sp³-hybridized carbons (Fsp3) is 0.300. The lowest BCUT2D eigenvalue weighted by Crippen LogP contribution is -2.43. The average molecular weight is 271 g/mol. The van der Waals surface area contributed by atoms with E-state index in [2.05, 4.69) is 10.6 Å². The third-order valence-corrected chi connectivity index (χ3v) is 2.75. The van der Waals surface area contributed by atoms with Crippen LogP contribution in [0.4, 0.5) is 10.5 Å². The highest BCUT2D eigenvalue weighted by atomic mass is 32.1. The summed E-state index contributed by atoms with van der Waals surface area (Å²) in [7, 11) is 0. The van der Waals surface area contributed by atoms with Crippen molar-refractivity contribution in [3.8, 4) is 0 Å². The highest BCUT2D eigenvalue weighted by Gasteiger charge is 2.20. The zero-order valence-corrected chi connectivity index (χ0v) is 10.2. The molecule has 1 aromatic rings. The molecule has 0 aliphatic rings. The maximum atomic E-state index is 11.5. The number of carbonyl (C=O) groups is 3. The molecule has 5 N–H and O–H groups in total. The number of nitrogens with two attached hydrogens (primary N) is 1. The molecule has 0 aliphatic heterocycles. The van der Waals surface area contributed by atoms with E-state index in [1.165, 1.54) is 11.3 Å². The molecule has 0 aromatic carbocycles. The lowest BCUT2D eigenvalue weighted by molar-refractivity contribution is -0.139. The minimum absolute atomic E-state index is 0.0400. The summed E-state index contributed by atoms with van der Waals surface area (Å²) in [4.78, 5) is 32.9. The monoisotopic (exact) mass is 271 g/mol.